The lowest BCUT2D eigenvalue weighted by molar-refractivity contribution is 0.503. The summed E-state index contributed by atoms with van der Waals surface area (Å²) < 4.78 is 0. The van der Waals surface area contributed by atoms with Crippen molar-refractivity contribution in [1.82, 2.24) is 5.32 Å². The zero-order valence-corrected chi connectivity index (χ0v) is 13.1. The Morgan fingerprint density at radius 2 is 1.78 bits per heavy atom. The molecule has 1 aromatic rings. The smallest absolute Gasteiger partial charge is 0.0412 e. The van der Waals surface area contributed by atoms with Crippen LogP contribution in [0.25, 0.3) is 0 Å². The molecule has 0 bridgehead atoms. The largest absolute Gasteiger partial charge is 0.312 e. The van der Waals surface area contributed by atoms with Crippen LogP contribution >= 0.6 is 11.3 Å². The molecule has 0 aliphatic carbocycles. The Bertz CT molecular complexity index is 306. The SMILES string of the molecule is CCCCCCCCC(NC)c1ccc(CC)s1. The molecule has 1 aromatic heterocycles. The van der Waals surface area contributed by atoms with Crippen molar-refractivity contribution in [2.24, 2.45) is 0 Å². The van der Waals surface area contributed by atoms with Crippen LogP contribution in [0, 0.1) is 0 Å². The molecule has 0 radical (unpaired) electrons. The highest BCUT2D eigenvalue weighted by molar-refractivity contribution is 7.12. The molecule has 1 rings (SSSR count). The third-order valence-electron chi connectivity index (χ3n) is 3.57. The Labute approximate surface area is 117 Å². The van der Waals surface area contributed by atoms with E-state index in [0.717, 1.165) is 6.42 Å². The first-order valence-electron chi connectivity index (χ1n) is 7.57. The molecule has 0 amide bonds. The molecule has 1 atom stereocenters. The van der Waals surface area contributed by atoms with Crippen LogP contribution in [0.1, 0.15) is 74.6 Å². The minimum atomic E-state index is 0.571. The first kappa shape index (κ1) is 15.7. The van der Waals surface area contributed by atoms with E-state index in [9.17, 15) is 0 Å². The van der Waals surface area contributed by atoms with Gasteiger partial charge in [-0.2, -0.15) is 0 Å². The summed E-state index contributed by atoms with van der Waals surface area (Å²) in [6, 6.07) is 5.16. The molecule has 104 valence electrons. The van der Waals surface area contributed by atoms with Gasteiger partial charge in [0.05, 0.1) is 0 Å². The van der Waals surface area contributed by atoms with Gasteiger partial charge in [0.15, 0.2) is 0 Å². The highest BCUT2D eigenvalue weighted by Crippen LogP contribution is 2.27. The molecule has 1 unspecified atom stereocenters. The van der Waals surface area contributed by atoms with E-state index in [1.165, 1.54) is 54.7 Å². The predicted octanol–water partition coefficient (Wildman–Crippen LogP) is 5.32. The van der Waals surface area contributed by atoms with Gasteiger partial charge in [0.2, 0.25) is 0 Å². The van der Waals surface area contributed by atoms with Gasteiger partial charge in [0.25, 0.3) is 0 Å². The summed E-state index contributed by atoms with van der Waals surface area (Å²) in [5.74, 6) is 0. The van der Waals surface area contributed by atoms with Gasteiger partial charge in [-0.05, 0) is 32.0 Å². The van der Waals surface area contributed by atoms with Gasteiger partial charge in [-0.15, -0.1) is 11.3 Å². The summed E-state index contributed by atoms with van der Waals surface area (Å²) in [7, 11) is 2.09. The van der Waals surface area contributed by atoms with E-state index in [1.54, 1.807) is 0 Å². The molecule has 1 heterocycles. The monoisotopic (exact) mass is 267 g/mol. The molecular formula is C16H29NS. The molecule has 18 heavy (non-hydrogen) atoms. The van der Waals surface area contributed by atoms with Crippen molar-refractivity contribution in [3.05, 3.63) is 21.9 Å². The van der Waals surface area contributed by atoms with Crippen molar-refractivity contribution >= 4 is 11.3 Å². The number of unbranched alkanes of at least 4 members (excludes halogenated alkanes) is 5. The molecule has 1 nitrogen and oxygen atoms in total. The van der Waals surface area contributed by atoms with Crippen LogP contribution in [-0.2, 0) is 6.42 Å². The molecule has 0 aliphatic rings. The number of thiophene rings is 1. The molecule has 0 fully saturated rings. The standard InChI is InChI=1S/C16H29NS/c1-4-6-7-8-9-10-11-15(17-3)16-13-12-14(5-2)18-16/h12-13,15,17H,4-11H2,1-3H3. The highest BCUT2D eigenvalue weighted by atomic mass is 32.1. The van der Waals surface area contributed by atoms with Crippen molar-refractivity contribution in [2.75, 3.05) is 7.05 Å². The number of aryl methyl sites for hydroxylation is 1. The maximum Gasteiger partial charge on any atom is 0.0412 e. The topological polar surface area (TPSA) is 12.0 Å². The Morgan fingerprint density at radius 1 is 1.06 bits per heavy atom. The van der Waals surface area contributed by atoms with E-state index in [0.29, 0.717) is 6.04 Å². The number of rotatable bonds is 10. The van der Waals surface area contributed by atoms with E-state index in [2.05, 4.69) is 38.3 Å². The average Bonchev–Trinajstić information content (AvgIpc) is 2.87. The lowest BCUT2D eigenvalue weighted by Gasteiger charge is -2.14. The summed E-state index contributed by atoms with van der Waals surface area (Å²) in [4.78, 5) is 3.02. The highest BCUT2D eigenvalue weighted by Gasteiger charge is 2.10. The zero-order chi connectivity index (χ0) is 13.2. The van der Waals surface area contributed by atoms with Crippen molar-refractivity contribution in [3.63, 3.8) is 0 Å². The number of nitrogens with one attached hydrogen (secondary N) is 1. The van der Waals surface area contributed by atoms with Crippen molar-refractivity contribution in [1.29, 1.82) is 0 Å². The van der Waals surface area contributed by atoms with Crippen LogP contribution < -0.4 is 5.32 Å². The van der Waals surface area contributed by atoms with Crippen molar-refractivity contribution in [2.45, 2.75) is 71.3 Å². The van der Waals surface area contributed by atoms with Gasteiger partial charge < -0.3 is 5.32 Å². The molecule has 0 saturated heterocycles. The van der Waals surface area contributed by atoms with Crippen LogP contribution in [0.3, 0.4) is 0 Å². The van der Waals surface area contributed by atoms with Crippen LogP contribution in [0.15, 0.2) is 12.1 Å². The quantitative estimate of drug-likeness (QED) is 0.566. The van der Waals surface area contributed by atoms with Crippen LogP contribution in [0.2, 0.25) is 0 Å². The summed E-state index contributed by atoms with van der Waals surface area (Å²) in [6.07, 6.45) is 10.8. The fourth-order valence-electron chi connectivity index (χ4n) is 2.33. The second kappa shape index (κ2) is 9.57. The van der Waals surface area contributed by atoms with E-state index in [4.69, 9.17) is 0 Å². The number of hydrogen-bond donors (Lipinski definition) is 1. The predicted molar refractivity (Wildman–Crippen MR) is 83.5 cm³/mol. The van der Waals surface area contributed by atoms with Gasteiger partial charge >= 0.3 is 0 Å². The molecule has 1 N–H and O–H groups in total. The van der Waals surface area contributed by atoms with E-state index < -0.39 is 0 Å². The first-order chi connectivity index (χ1) is 8.81. The third kappa shape index (κ3) is 5.53. The van der Waals surface area contributed by atoms with Gasteiger partial charge in [-0.1, -0.05) is 52.4 Å². The number of hydrogen-bond acceptors (Lipinski definition) is 2. The van der Waals surface area contributed by atoms with E-state index in [-0.39, 0.29) is 0 Å². The second-order valence-electron chi connectivity index (χ2n) is 5.06. The van der Waals surface area contributed by atoms with Crippen molar-refractivity contribution < 1.29 is 0 Å². The maximum atomic E-state index is 3.47. The summed E-state index contributed by atoms with van der Waals surface area (Å²) in [5.41, 5.74) is 0. The van der Waals surface area contributed by atoms with Crippen molar-refractivity contribution in [3.8, 4) is 0 Å². The Kier molecular flexibility index (Phi) is 8.36. The molecule has 0 spiro atoms. The Balaban J connectivity index is 2.25. The Hall–Kier alpha value is -0.340. The van der Waals surface area contributed by atoms with Crippen LogP contribution in [0.4, 0.5) is 0 Å². The van der Waals surface area contributed by atoms with Crippen LogP contribution in [-0.4, -0.2) is 7.05 Å². The first-order valence-corrected chi connectivity index (χ1v) is 8.39. The molecular weight excluding hydrogens is 238 g/mol. The molecule has 0 saturated carbocycles. The minimum absolute atomic E-state index is 0.571. The van der Waals surface area contributed by atoms with Gasteiger partial charge in [0.1, 0.15) is 0 Å². The van der Waals surface area contributed by atoms with Gasteiger partial charge in [-0.3, -0.25) is 0 Å². The summed E-state index contributed by atoms with van der Waals surface area (Å²) >= 11 is 1.97. The fraction of sp³-hybridized carbons (Fsp3) is 0.750. The van der Waals surface area contributed by atoms with Crippen LogP contribution in [0.5, 0.6) is 0 Å². The van der Waals surface area contributed by atoms with Gasteiger partial charge in [-0.25, -0.2) is 0 Å². The van der Waals surface area contributed by atoms with Gasteiger partial charge in [0, 0.05) is 15.8 Å². The lowest BCUT2D eigenvalue weighted by Crippen LogP contribution is -2.14. The molecule has 0 aromatic carbocycles. The average molecular weight is 267 g/mol. The molecule has 0 aliphatic heterocycles. The van der Waals surface area contributed by atoms with E-state index in [1.807, 2.05) is 11.3 Å². The third-order valence-corrected chi connectivity index (χ3v) is 4.91. The summed E-state index contributed by atoms with van der Waals surface area (Å²) in [6.45, 7) is 4.51. The fourth-order valence-corrected chi connectivity index (χ4v) is 3.43. The lowest BCUT2D eigenvalue weighted by atomic mass is 10.0. The van der Waals surface area contributed by atoms with E-state index >= 15 is 0 Å². The minimum Gasteiger partial charge on any atom is -0.312 e. The maximum absolute atomic E-state index is 3.47. The Morgan fingerprint density at radius 3 is 2.39 bits per heavy atom. The second-order valence-corrected chi connectivity index (χ2v) is 6.26. The summed E-state index contributed by atoms with van der Waals surface area (Å²) in [5, 5.41) is 3.47. The molecule has 2 heteroatoms. The zero-order valence-electron chi connectivity index (χ0n) is 12.3. The normalized spacial score (nSPS) is 12.8.